The van der Waals surface area contributed by atoms with Crippen molar-refractivity contribution in [3.8, 4) is 0 Å². The van der Waals surface area contributed by atoms with Crippen molar-refractivity contribution in [1.82, 2.24) is 9.29 Å². The third-order valence-corrected chi connectivity index (χ3v) is 10.0. The van der Waals surface area contributed by atoms with Crippen molar-refractivity contribution >= 4 is 42.6 Å². The number of aryl methyl sites for hydroxylation is 1. The number of sulfonamides is 1. The van der Waals surface area contributed by atoms with E-state index in [0.717, 1.165) is 60.7 Å². The molecule has 0 aliphatic carbocycles. The molecule has 2 aliphatic rings. The van der Waals surface area contributed by atoms with Crippen molar-refractivity contribution in [3.05, 3.63) is 53.6 Å². The van der Waals surface area contributed by atoms with Crippen molar-refractivity contribution in [2.45, 2.75) is 62.9 Å². The zero-order valence-electron chi connectivity index (χ0n) is 20.7. The summed E-state index contributed by atoms with van der Waals surface area (Å²) >= 11 is 1.51. The van der Waals surface area contributed by atoms with Gasteiger partial charge in [-0.2, -0.15) is 4.31 Å². The topological polar surface area (TPSA) is 79.8 Å². The van der Waals surface area contributed by atoms with Crippen LogP contribution in [0.4, 0.5) is 5.13 Å². The fraction of sp³-hybridized carbons (Fsp3) is 0.481. The second-order valence-electron chi connectivity index (χ2n) is 9.51. The van der Waals surface area contributed by atoms with Crippen LogP contribution in [0.3, 0.4) is 0 Å². The molecule has 0 saturated carbocycles. The highest BCUT2D eigenvalue weighted by atomic mass is 32.2. The van der Waals surface area contributed by atoms with Gasteiger partial charge in [0, 0.05) is 25.3 Å². The SMILES string of the molecule is CCc1cccc2sc(N(CC3CCCO3)C(=O)c3ccc(S(=O)(=O)N4CCCCCC4)cc3)nc12. The number of ether oxygens (including phenoxy) is 1. The normalized spacial score (nSPS) is 19.4. The number of carbonyl (C=O) groups excluding carboxylic acids is 1. The molecule has 9 heteroatoms. The van der Waals surface area contributed by atoms with Crippen molar-refractivity contribution in [1.29, 1.82) is 0 Å². The summed E-state index contributed by atoms with van der Waals surface area (Å²) < 4.78 is 34.8. The summed E-state index contributed by atoms with van der Waals surface area (Å²) in [5, 5.41) is 0.646. The fourth-order valence-electron chi connectivity index (χ4n) is 4.99. The molecule has 36 heavy (non-hydrogen) atoms. The predicted octanol–water partition coefficient (Wildman–Crippen LogP) is 5.25. The smallest absolute Gasteiger partial charge is 0.260 e. The van der Waals surface area contributed by atoms with Gasteiger partial charge in [-0.05, 0) is 68.0 Å². The summed E-state index contributed by atoms with van der Waals surface area (Å²) in [5.41, 5.74) is 2.53. The Morgan fingerprint density at radius 2 is 1.83 bits per heavy atom. The van der Waals surface area contributed by atoms with Crippen LogP contribution in [0.2, 0.25) is 0 Å². The largest absolute Gasteiger partial charge is 0.376 e. The van der Waals surface area contributed by atoms with Crippen LogP contribution < -0.4 is 4.90 Å². The minimum atomic E-state index is -3.57. The van der Waals surface area contributed by atoms with Gasteiger partial charge >= 0.3 is 0 Å². The van der Waals surface area contributed by atoms with Gasteiger partial charge in [-0.15, -0.1) is 0 Å². The summed E-state index contributed by atoms with van der Waals surface area (Å²) in [4.78, 5) is 20.6. The van der Waals surface area contributed by atoms with Gasteiger partial charge in [0.15, 0.2) is 5.13 Å². The van der Waals surface area contributed by atoms with Crippen molar-refractivity contribution in [3.63, 3.8) is 0 Å². The van der Waals surface area contributed by atoms with Gasteiger partial charge in [0.2, 0.25) is 10.0 Å². The molecule has 7 nitrogen and oxygen atoms in total. The molecule has 1 atom stereocenters. The van der Waals surface area contributed by atoms with Crippen LogP contribution >= 0.6 is 11.3 Å². The molecule has 1 aromatic heterocycles. The number of nitrogens with zero attached hydrogens (tertiary/aromatic N) is 3. The zero-order valence-corrected chi connectivity index (χ0v) is 22.3. The first-order valence-electron chi connectivity index (χ1n) is 12.9. The minimum absolute atomic E-state index is 0.0331. The van der Waals surface area contributed by atoms with Crippen LogP contribution in [-0.4, -0.2) is 56.0 Å². The Balaban J connectivity index is 1.43. The number of para-hydroxylation sites is 1. The number of thiazole rings is 1. The molecule has 1 amide bonds. The number of hydrogen-bond acceptors (Lipinski definition) is 6. The van der Waals surface area contributed by atoms with E-state index in [1.807, 2.05) is 12.1 Å². The molecule has 0 N–H and O–H groups in total. The number of benzene rings is 2. The maximum atomic E-state index is 13.7. The molecule has 3 aromatic rings. The quantitative estimate of drug-likeness (QED) is 0.419. The molecule has 3 heterocycles. The van der Waals surface area contributed by atoms with Crippen molar-refractivity contribution < 1.29 is 17.9 Å². The Bertz CT molecular complexity index is 1310. The predicted molar refractivity (Wildman–Crippen MR) is 143 cm³/mol. The van der Waals surface area contributed by atoms with Crippen LogP contribution in [0, 0.1) is 0 Å². The van der Waals surface area contributed by atoms with Gasteiger partial charge in [-0.1, -0.05) is 43.2 Å². The summed E-state index contributed by atoms with van der Waals surface area (Å²) in [6.45, 7) is 4.33. The molecule has 5 rings (SSSR count). The van der Waals surface area contributed by atoms with E-state index >= 15 is 0 Å². The number of anilines is 1. The Kier molecular flexibility index (Phi) is 7.71. The maximum Gasteiger partial charge on any atom is 0.260 e. The zero-order chi connectivity index (χ0) is 25.1. The van der Waals surface area contributed by atoms with Crippen LogP contribution in [0.15, 0.2) is 47.4 Å². The first kappa shape index (κ1) is 25.3. The van der Waals surface area contributed by atoms with E-state index in [0.29, 0.717) is 36.9 Å². The lowest BCUT2D eigenvalue weighted by Gasteiger charge is -2.23. The lowest BCUT2D eigenvalue weighted by molar-refractivity contribution is 0.0917. The lowest BCUT2D eigenvalue weighted by atomic mass is 10.1. The summed E-state index contributed by atoms with van der Waals surface area (Å²) in [7, 11) is -3.57. The molecule has 2 fully saturated rings. The molecule has 2 saturated heterocycles. The lowest BCUT2D eigenvalue weighted by Crippen LogP contribution is -2.37. The molecule has 0 radical (unpaired) electrons. The minimum Gasteiger partial charge on any atom is -0.376 e. The van der Waals surface area contributed by atoms with Crippen molar-refractivity contribution in [2.75, 3.05) is 31.1 Å². The summed E-state index contributed by atoms with van der Waals surface area (Å²) in [5.74, 6) is -0.193. The third kappa shape index (κ3) is 5.20. The Hall–Kier alpha value is -2.33. The highest BCUT2D eigenvalue weighted by Gasteiger charge is 2.29. The van der Waals surface area contributed by atoms with E-state index in [-0.39, 0.29) is 16.9 Å². The molecule has 192 valence electrons. The monoisotopic (exact) mass is 527 g/mol. The number of carbonyl (C=O) groups is 1. The van der Waals surface area contributed by atoms with Crippen molar-refractivity contribution in [2.24, 2.45) is 0 Å². The first-order valence-corrected chi connectivity index (χ1v) is 15.1. The summed E-state index contributed by atoms with van der Waals surface area (Å²) in [6.07, 6.45) is 6.61. The molecule has 1 unspecified atom stereocenters. The van der Waals surface area contributed by atoms with Gasteiger partial charge in [-0.3, -0.25) is 9.69 Å². The van der Waals surface area contributed by atoms with Gasteiger partial charge in [0.05, 0.1) is 27.8 Å². The van der Waals surface area contributed by atoms with E-state index in [2.05, 4.69) is 13.0 Å². The van der Waals surface area contributed by atoms with Gasteiger partial charge in [0.1, 0.15) is 0 Å². The molecule has 0 bridgehead atoms. The van der Waals surface area contributed by atoms with Crippen LogP contribution in [0.5, 0.6) is 0 Å². The van der Waals surface area contributed by atoms with E-state index < -0.39 is 10.0 Å². The molecule has 2 aliphatic heterocycles. The fourth-order valence-corrected chi connectivity index (χ4v) is 7.53. The van der Waals surface area contributed by atoms with Gasteiger partial charge in [0.25, 0.3) is 5.91 Å². The Labute approximate surface area is 217 Å². The van der Waals surface area contributed by atoms with Crippen LogP contribution in [0.1, 0.15) is 61.4 Å². The average molecular weight is 528 g/mol. The molecular formula is C27H33N3O4S2. The Morgan fingerprint density at radius 3 is 2.50 bits per heavy atom. The average Bonchev–Trinajstić information content (AvgIpc) is 3.49. The number of aromatic nitrogens is 1. The van der Waals surface area contributed by atoms with Crippen LogP contribution in [0.25, 0.3) is 10.2 Å². The maximum absolute atomic E-state index is 13.7. The number of rotatable bonds is 7. The number of hydrogen-bond donors (Lipinski definition) is 0. The highest BCUT2D eigenvalue weighted by Crippen LogP contribution is 2.33. The highest BCUT2D eigenvalue weighted by molar-refractivity contribution is 7.89. The van der Waals surface area contributed by atoms with E-state index in [9.17, 15) is 13.2 Å². The van der Waals surface area contributed by atoms with E-state index in [4.69, 9.17) is 9.72 Å². The Morgan fingerprint density at radius 1 is 1.08 bits per heavy atom. The van der Waals surface area contributed by atoms with E-state index in [1.165, 1.54) is 11.3 Å². The van der Waals surface area contributed by atoms with Gasteiger partial charge in [-0.25, -0.2) is 13.4 Å². The number of amides is 1. The third-order valence-electron chi connectivity index (χ3n) is 7.06. The van der Waals surface area contributed by atoms with Crippen LogP contribution in [-0.2, 0) is 21.2 Å². The number of fused-ring (bicyclic) bond motifs is 1. The molecule has 0 spiro atoms. The first-order chi connectivity index (χ1) is 17.5. The molecular weight excluding hydrogens is 494 g/mol. The summed E-state index contributed by atoms with van der Waals surface area (Å²) in [6, 6.07) is 12.5. The molecule has 2 aromatic carbocycles. The second kappa shape index (κ2) is 11.0. The second-order valence-corrected chi connectivity index (χ2v) is 12.5. The standard InChI is InChI=1S/C27H33N3O4S2/c1-2-20-9-7-11-24-25(20)28-27(35-24)30(19-22-10-8-18-34-22)26(31)21-12-14-23(15-13-21)36(32,33)29-16-5-3-4-6-17-29/h7,9,11-15,22H,2-6,8,10,16-19H2,1H3. The van der Waals surface area contributed by atoms with Gasteiger partial charge < -0.3 is 4.74 Å². The van der Waals surface area contributed by atoms with E-state index in [1.54, 1.807) is 33.5 Å².